The Kier molecular flexibility index (Phi) is 6.34. The summed E-state index contributed by atoms with van der Waals surface area (Å²) in [5.74, 6) is 2.45. The van der Waals surface area contributed by atoms with E-state index in [0.29, 0.717) is 25.5 Å². The molecular formula is C27H43N3O4. The van der Waals surface area contributed by atoms with Crippen molar-refractivity contribution in [3.8, 4) is 0 Å². The van der Waals surface area contributed by atoms with Crippen molar-refractivity contribution in [1.29, 1.82) is 0 Å². The van der Waals surface area contributed by atoms with Gasteiger partial charge in [-0.25, -0.2) is 4.79 Å². The van der Waals surface area contributed by atoms with Gasteiger partial charge in [-0.3, -0.25) is 9.59 Å². The van der Waals surface area contributed by atoms with Crippen LogP contribution in [0.4, 0.5) is 4.79 Å². The normalized spacial score (nSPS) is 37.4. The van der Waals surface area contributed by atoms with E-state index in [1.807, 2.05) is 20.8 Å². The van der Waals surface area contributed by atoms with Gasteiger partial charge in [-0.05, 0) is 103 Å². The number of hydrogen-bond donors (Lipinski definition) is 1. The van der Waals surface area contributed by atoms with E-state index in [1.54, 1.807) is 4.90 Å². The second-order valence-corrected chi connectivity index (χ2v) is 13.1. The molecule has 7 heteroatoms. The zero-order valence-electron chi connectivity index (χ0n) is 21.3. The fraction of sp³-hybridized carbons (Fsp3) is 0.889. The molecule has 2 aliphatic heterocycles. The fourth-order valence-electron chi connectivity index (χ4n) is 7.99. The second kappa shape index (κ2) is 9.02. The summed E-state index contributed by atoms with van der Waals surface area (Å²) in [6, 6.07) is 0.0102. The Morgan fingerprint density at radius 3 is 2.06 bits per heavy atom. The highest BCUT2D eigenvalue weighted by atomic mass is 16.6. The van der Waals surface area contributed by atoms with Crippen molar-refractivity contribution in [1.82, 2.24) is 15.1 Å². The van der Waals surface area contributed by atoms with Gasteiger partial charge in [0, 0.05) is 32.2 Å². The summed E-state index contributed by atoms with van der Waals surface area (Å²) < 4.78 is 5.51. The monoisotopic (exact) mass is 473 g/mol. The number of ether oxygens (including phenoxy) is 1. The zero-order chi connectivity index (χ0) is 24.1. The lowest BCUT2D eigenvalue weighted by Crippen LogP contribution is -2.58. The molecule has 6 rings (SSSR count). The summed E-state index contributed by atoms with van der Waals surface area (Å²) >= 11 is 0. The topological polar surface area (TPSA) is 79.0 Å². The Hall–Kier alpha value is -1.79. The molecule has 4 saturated carbocycles. The van der Waals surface area contributed by atoms with E-state index >= 15 is 0 Å². The molecule has 34 heavy (non-hydrogen) atoms. The average molecular weight is 474 g/mol. The highest BCUT2D eigenvalue weighted by molar-refractivity contribution is 5.84. The van der Waals surface area contributed by atoms with Gasteiger partial charge in [0.25, 0.3) is 0 Å². The van der Waals surface area contributed by atoms with Crippen molar-refractivity contribution in [3.05, 3.63) is 0 Å². The smallest absolute Gasteiger partial charge is 0.410 e. The Morgan fingerprint density at radius 1 is 0.853 bits per heavy atom. The van der Waals surface area contributed by atoms with Crippen molar-refractivity contribution in [2.24, 2.45) is 29.1 Å². The van der Waals surface area contributed by atoms with Crippen molar-refractivity contribution in [2.75, 3.05) is 26.2 Å². The molecule has 3 amide bonds. The minimum Gasteiger partial charge on any atom is -0.444 e. The molecule has 1 N–H and O–H groups in total. The summed E-state index contributed by atoms with van der Waals surface area (Å²) in [5, 5.41) is 3.24. The minimum absolute atomic E-state index is 0.0102. The van der Waals surface area contributed by atoms with Crippen LogP contribution >= 0.6 is 0 Å². The molecular weight excluding hydrogens is 430 g/mol. The quantitative estimate of drug-likeness (QED) is 0.673. The number of likely N-dealkylation sites (tertiary alicyclic amines) is 2. The number of nitrogens with zero attached hydrogens (tertiary/aromatic N) is 2. The van der Waals surface area contributed by atoms with E-state index < -0.39 is 5.60 Å². The second-order valence-electron chi connectivity index (χ2n) is 13.1. The van der Waals surface area contributed by atoms with Crippen LogP contribution in [0, 0.1) is 29.1 Å². The van der Waals surface area contributed by atoms with E-state index in [1.165, 1.54) is 19.3 Å². The summed E-state index contributed by atoms with van der Waals surface area (Å²) in [7, 11) is 0. The number of rotatable bonds is 3. The van der Waals surface area contributed by atoms with Crippen molar-refractivity contribution >= 4 is 17.9 Å². The molecule has 2 atom stereocenters. The van der Waals surface area contributed by atoms with Crippen LogP contribution in [0.2, 0.25) is 0 Å². The van der Waals surface area contributed by atoms with Gasteiger partial charge in [-0.15, -0.1) is 0 Å². The van der Waals surface area contributed by atoms with Crippen LogP contribution in [0.5, 0.6) is 0 Å². The number of amides is 3. The molecule has 0 aromatic carbocycles. The molecule has 2 heterocycles. The van der Waals surface area contributed by atoms with E-state index in [4.69, 9.17) is 4.74 Å². The molecule has 0 aromatic rings. The van der Waals surface area contributed by atoms with Gasteiger partial charge < -0.3 is 19.9 Å². The Balaban J connectivity index is 1.16. The Morgan fingerprint density at radius 2 is 1.44 bits per heavy atom. The minimum atomic E-state index is -0.541. The van der Waals surface area contributed by atoms with Gasteiger partial charge in [-0.2, -0.15) is 0 Å². The average Bonchev–Trinajstić information content (AvgIpc) is 2.77. The summed E-state index contributed by atoms with van der Waals surface area (Å²) in [4.78, 5) is 43.1. The number of carbonyl (C=O) groups is 3. The highest BCUT2D eigenvalue weighted by Gasteiger charge is 2.55. The third kappa shape index (κ3) is 4.94. The van der Waals surface area contributed by atoms with E-state index in [-0.39, 0.29) is 29.4 Å². The van der Waals surface area contributed by atoms with Crippen LogP contribution in [0.1, 0.15) is 85.0 Å². The molecule has 4 aliphatic carbocycles. The lowest BCUT2D eigenvalue weighted by Gasteiger charge is -2.57. The maximum Gasteiger partial charge on any atom is 0.410 e. The van der Waals surface area contributed by atoms with E-state index in [9.17, 15) is 14.4 Å². The molecule has 0 spiro atoms. The molecule has 6 fully saturated rings. The maximum atomic E-state index is 13.8. The van der Waals surface area contributed by atoms with E-state index in [2.05, 4.69) is 10.2 Å². The summed E-state index contributed by atoms with van der Waals surface area (Å²) in [6.45, 7) is 8.08. The van der Waals surface area contributed by atoms with Gasteiger partial charge in [0.05, 0.1) is 11.3 Å². The number of carbonyl (C=O) groups excluding carboxylic acids is 3. The zero-order valence-corrected chi connectivity index (χ0v) is 21.3. The first-order valence-electron chi connectivity index (χ1n) is 13.7. The summed E-state index contributed by atoms with van der Waals surface area (Å²) in [5.41, 5.74) is -0.654. The predicted octanol–water partition coefficient (Wildman–Crippen LogP) is 3.96. The molecule has 4 bridgehead atoms. The molecule has 7 nitrogen and oxygen atoms in total. The number of hydrogen-bond acceptors (Lipinski definition) is 4. The lowest BCUT2D eigenvalue weighted by atomic mass is 9.49. The van der Waals surface area contributed by atoms with Gasteiger partial charge in [0.1, 0.15) is 5.60 Å². The van der Waals surface area contributed by atoms with Crippen LogP contribution in [0.3, 0.4) is 0 Å². The SMILES string of the molecule is CC(C)(C)OC(=O)N1CCC[C@H](C(=O)N[C@@H]2CCCN(C(=O)C34CC5CC(CC(C5)C3)C4)C2)C1. The van der Waals surface area contributed by atoms with Crippen LogP contribution in [0.25, 0.3) is 0 Å². The van der Waals surface area contributed by atoms with Crippen LogP contribution in [-0.2, 0) is 14.3 Å². The fourth-order valence-corrected chi connectivity index (χ4v) is 7.99. The third-order valence-electron chi connectivity index (χ3n) is 8.99. The van der Waals surface area contributed by atoms with Gasteiger partial charge in [0.2, 0.25) is 11.8 Å². The molecule has 0 radical (unpaired) electrons. The molecule has 190 valence electrons. The Bertz CT molecular complexity index is 784. The van der Waals surface area contributed by atoms with Gasteiger partial charge >= 0.3 is 6.09 Å². The first-order chi connectivity index (χ1) is 16.1. The molecule has 2 saturated heterocycles. The first kappa shape index (κ1) is 23.9. The Labute approximate surface area is 204 Å². The third-order valence-corrected chi connectivity index (χ3v) is 8.99. The molecule has 6 aliphatic rings. The van der Waals surface area contributed by atoms with Gasteiger partial charge in [0.15, 0.2) is 0 Å². The van der Waals surface area contributed by atoms with E-state index in [0.717, 1.165) is 69.2 Å². The van der Waals surface area contributed by atoms with Crippen molar-refractivity contribution in [3.63, 3.8) is 0 Å². The van der Waals surface area contributed by atoms with Crippen LogP contribution < -0.4 is 5.32 Å². The van der Waals surface area contributed by atoms with Crippen LogP contribution in [0.15, 0.2) is 0 Å². The maximum absolute atomic E-state index is 13.8. The van der Waals surface area contributed by atoms with Gasteiger partial charge in [-0.1, -0.05) is 0 Å². The number of nitrogens with one attached hydrogen (secondary N) is 1. The number of piperidine rings is 2. The largest absolute Gasteiger partial charge is 0.444 e. The predicted molar refractivity (Wildman–Crippen MR) is 129 cm³/mol. The van der Waals surface area contributed by atoms with Crippen molar-refractivity contribution < 1.29 is 19.1 Å². The van der Waals surface area contributed by atoms with Crippen LogP contribution in [-0.4, -0.2) is 65.5 Å². The first-order valence-corrected chi connectivity index (χ1v) is 13.7. The van der Waals surface area contributed by atoms with Crippen molar-refractivity contribution in [2.45, 2.75) is 96.6 Å². The lowest BCUT2D eigenvalue weighted by molar-refractivity contribution is -0.159. The summed E-state index contributed by atoms with van der Waals surface area (Å²) in [6.07, 6.45) is 10.4. The standard InChI is InChI=1S/C27H43N3O4/c1-26(2,3)34-25(33)30-9-4-6-21(16-30)23(31)28-22-7-5-8-29(17-22)24(32)27-13-18-10-19(14-27)12-20(11-18)15-27/h18-22H,4-17H2,1-3H3,(H,28,31)/t18?,19?,20?,21-,22+,27?/m0/s1. The highest BCUT2D eigenvalue weighted by Crippen LogP contribution is 2.60. The molecule has 0 aromatic heterocycles. The molecule has 0 unspecified atom stereocenters.